The van der Waals surface area contributed by atoms with Gasteiger partial charge >= 0.3 is 0 Å². The van der Waals surface area contributed by atoms with Gasteiger partial charge in [0.25, 0.3) is 0 Å². The minimum absolute atomic E-state index is 0.213. The predicted octanol–water partition coefficient (Wildman–Crippen LogP) is 4.42. The van der Waals surface area contributed by atoms with E-state index >= 15 is 0 Å². The van der Waals surface area contributed by atoms with Gasteiger partial charge in [-0.1, -0.05) is 26.0 Å². The summed E-state index contributed by atoms with van der Waals surface area (Å²) < 4.78 is 7.08. The Morgan fingerprint density at radius 2 is 2.00 bits per heavy atom. The molecule has 18 heavy (non-hydrogen) atoms. The molecule has 2 rings (SSSR count). The van der Waals surface area contributed by atoms with E-state index in [0.29, 0.717) is 5.92 Å². The topological polar surface area (TPSA) is 21.6 Å². The molecule has 0 N–H and O–H groups in total. The van der Waals surface area contributed by atoms with Gasteiger partial charge in [-0.15, -0.1) is 0 Å². The Morgan fingerprint density at radius 3 is 2.61 bits per heavy atom. The molecule has 0 aliphatic carbocycles. The van der Waals surface area contributed by atoms with Crippen LogP contribution in [-0.4, -0.2) is 17.5 Å². The lowest BCUT2D eigenvalue weighted by molar-refractivity contribution is 0.0896. The molecule has 1 aliphatic heterocycles. The molecule has 3 heteroatoms. The fourth-order valence-corrected chi connectivity index (χ4v) is 2.64. The van der Waals surface area contributed by atoms with E-state index in [9.17, 15) is 0 Å². The van der Waals surface area contributed by atoms with Crippen molar-refractivity contribution in [2.75, 3.05) is 0 Å². The highest BCUT2D eigenvalue weighted by molar-refractivity contribution is 9.10. The summed E-state index contributed by atoms with van der Waals surface area (Å²) in [6, 6.07) is 8.30. The molecule has 0 radical (unpaired) electrons. The molecule has 0 saturated heterocycles. The molecule has 0 fully saturated rings. The van der Waals surface area contributed by atoms with Crippen LogP contribution in [0.15, 0.2) is 33.7 Å². The first-order valence-electron chi connectivity index (χ1n) is 6.42. The predicted molar refractivity (Wildman–Crippen MR) is 79.1 cm³/mol. The van der Waals surface area contributed by atoms with Crippen LogP contribution in [0.2, 0.25) is 0 Å². The van der Waals surface area contributed by atoms with Crippen molar-refractivity contribution in [3.8, 4) is 0 Å². The van der Waals surface area contributed by atoms with Gasteiger partial charge in [-0.05, 0) is 54.2 Å². The number of aliphatic imine (C=N–C) groups is 1. The Labute approximate surface area is 118 Å². The summed E-state index contributed by atoms with van der Waals surface area (Å²) in [4.78, 5) is 4.78. The first-order chi connectivity index (χ1) is 8.40. The van der Waals surface area contributed by atoms with E-state index in [0.717, 1.165) is 22.4 Å². The summed E-state index contributed by atoms with van der Waals surface area (Å²) in [5.74, 6) is 1.39. The quantitative estimate of drug-likeness (QED) is 0.810. The van der Waals surface area contributed by atoms with Crippen LogP contribution in [0.3, 0.4) is 0 Å². The van der Waals surface area contributed by atoms with Crippen molar-refractivity contribution in [2.24, 2.45) is 10.9 Å². The second-order valence-electron chi connectivity index (χ2n) is 5.76. The fraction of sp³-hybridized carbons (Fsp3) is 0.533. The molecule has 0 saturated carbocycles. The van der Waals surface area contributed by atoms with E-state index < -0.39 is 0 Å². The molecule has 1 aliphatic rings. The van der Waals surface area contributed by atoms with Crippen LogP contribution in [0.1, 0.15) is 39.7 Å². The van der Waals surface area contributed by atoms with Crippen molar-refractivity contribution < 1.29 is 4.74 Å². The Kier molecular flexibility index (Phi) is 3.81. The van der Waals surface area contributed by atoms with Crippen LogP contribution in [0, 0.1) is 5.92 Å². The van der Waals surface area contributed by atoms with Gasteiger partial charge in [0, 0.05) is 4.47 Å². The number of halogens is 1. The standard InChI is InChI=1S/C15H20BrNO/c1-10(2)9-13-15(3,4)18-14(17-13)11-7-5-6-8-12(11)16/h5-8,10,13H,9H2,1-4H3/t13-/m0/s1. The van der Waals surface area contributed by atoms with Crippen molar-refractivity contribution in [1.82, 2.24) is 0 Å². The van der Waals surface area contributed by atoms with Crippen molar-refractivity contribution >= 4 is 21.8 Å². The molecule has 1 aromatic carbocycles. The lowest BCUT2D eigenvalue weighted by atomic mass is 9.92. The number of nitrogens with zero attached hydrogens (tertiary/aromatic N) is 1. The van der Waals surface area contributed by atoms with Crippen molar-refractivity contribution in [2.45, 2.75) is 45.8 Å². The number of rotatable bonds is 3. The van der Waals surface area contributed by atoms with E-state index in [2.05, 4.69) is 43.6 Å². The lowest BCUT2D eigenvalue weighted by Crippen LogP contribution is -2.34. The lowest BCUT2D eigenvalue weighted by Gasteiger charge is -2.26. The Balaban J connectivity index is 2.29. The van der Waals surface area contributed by atoms with E-state index in [-0.39, 0.29) is 11.6 Å². The average Bonchev–Trinajstić information content (AvgIpc) is 2.54. The second-order valence-corrected chi connectivity index (χ2v) is 6.62. The zero-order valence-electron chi connectivity index (χ0n) is 11.4. The van der Waals surface area contributed by atoms with Crippen molar-refractivity contribution in [3.05, 3.63) is 34.3 Å². The molecule has 98 valence electrons. The molecular formula is C15H20BrNO. The normalized spacial score (nSPS) is 21.9. The minimum atomic E-state index is -0.213. The highest BCUT2D eigenvalue weighted by Gasteiger charge is 2.39. The molecule has 0 amide bonds. The van der Waals surface area contributed by atoms with E-state index in [4.69, 9.17) is 9.73 Å². The van der Waals surface area contributed by atoms with Crippen LogP contribution in [0.4, 0.5) is 0 Å². The third-order valence-electron chi connectivity index (χ3n) is 3.23. The van der Waals surface area contributed by atoms with Gasteiger partial charge in [0.05, 0.1) is 11.6 Å². The smallest absolute Gasteiger partial charge is 0.218 e. The van der Waals surface area contributed by atoms with Gasteiger partial charge in [0.15, 0.2) is 0 Å². The summed E-state index contributed by atoms with van der Waals surface area (Å²) in [7, 11) is 0. The van der Waals surface area contributed by atoms with Crippen LogP contribution in [-0.2, 0) is 4.74 Å². The van der Waals surface area contributed by atoms with Crippen LogP contribution in [0.5, 0.6) is 0 Å². The summed E-state index contributed by atoms with van der Waals surface area (Å²) >= 11 is 3.55. The number of ether oxygens (including phenoxy) is 1. The molecule has 0 bridgehead atoms. The van der Waals surface area contributed by atoms with Gasteiger partial charge in [-0.25, -0.2) is 4.99 Å². The van der Waals surface area contributed by atoms with Gasteiger partial charge in [-0.3, -0.25) is 0 Å². The molecular weight excluding hydrogens is 290 g/mol. The van der Waals surface area contributed by atoms with E-state index in [1.807, 2.05) is 24.3 Å². The van der Waals surface area contributed by atoms with Gasteiger partial charge in [0.1, 0.15) is 5.60 Å². The van der Waals surface area contributed by atoms with Crippen molar-refractivity contribution in [1.29, 1.82) is 0 Å². The highest BCUT2D eigenvalue weighted by atomic mass is 79.9. The SMILES string of the molecule is CC(C)C[C@@H]1N=C(c2ccccc2Br)OC1(C)C. The average molecular weight is 310 g/mol. The highest BCUT2D eigenvalue weighted by Crippen LogP contribution is 2.33. The first-order valence-corrected chi connectivity index (χ1v) is 7.21. The zero-order chi connectivity index (χ0) is 13.3. The van der Waals surface area contributed by atoms with Gasteiger partial charge in [-0.2, -0.15) is 0 Å². The zero-order valence-corrected chi connectivity index (χ0v) is 13.0. The minimum Gasteiger partial charge on any atom is -0.469 e. The Bertz CT molecular complexity index is 465. The maximum absolute atomic E-state index is 6.05. The molecule has 2 nitrogen and oxygen atoms in total. The molecule has 1 heterocycles. The largest absolute Gasteiger partial charge is 0.469 e. The molecule has 0 spiro atoms. The monoisotopic (exact) mass is 309 g/mol. The summed E-state index contributed by atoms with van der Waals surface area (Å²) in [6.07, 6.45) is 1.06. The van der Waals surface area contributed by atoms with Gasteiger partial charge in [0.2, 0.25) is 5.90 Å². The van der Waals surface area contributed by atoms with Crippen LogP contribution >= 0.6 is 15.9 Å². The first kappa shape index (κ1) is 13.6. The number of hydrogen-bond donors (Lipinski definition) is 0. The van der Waals surface area contributed by atoms with Crippen molar-refractivity contribution in [3.63, 3.8) is 0 Å². The number of benzene rings is 1. The van der Waals surface area contributed by atoms with E-state index in [1.165, 1.54) is 0 Å². The molecule has 1 aromatic rings. The summed E-state index contributed by atoms with van der Waals surface area (Å²) in [5.41, 5.74) is 0.825. The Morgan fingerprint density at radius 1 is 1.33 bits per heavy atom. The number of hydrogen-bond acceptors (Lipinski definition) is 2. The molecule has 0 aromatic heterocycles. The third-order valence-corrected chi connectivity index (χ3v) is 3.93. The summed E-state index contributed by atoms with van der Waals surface area (Å²) in [6.45, 7) is 8.69. The maximum Gasteiger partial charge on any atom is 0.218 e. The van der Waals surface area contributed by atoms with Crippen LogP contribution in [0.25, 0.3) is 0 Å². The van der Waals surface area contributed by atoms with Gasteiger partial charge < -0.3 is 4.74 Å². The molecule has 1 atom stereocenters. The molecule has 0 unspecified atom stereocenters. The third kappa shape index (κ3) is 2.77. The van der Waals surface area contributed by atoms with Crippen LogP contribution < -0.4 is 0 Å². The Hall–Kier alpha value is -0.830. The maximum atomic E-state index is 6.05. The summed E-state index contributed by atoms with van der Waals surface area (Å²) in [5, 5.41) is 0. The second kappa shape index (κ2) is 5.04. The van der Waals surface area contributed by atoms with E-state index in [1.54, 1.807) is 0 Å². The fourth-order valence-electron chi connectivity index (χ4n) is 2.18.